The van der Waals surface area contributed by atoms with Gasteiger partial charge in [-0.3, -0.25) is 4.79 Å². The summed E-state index contributed by atoms with van der Waals surface area (Å²) < 4.78 is 5.70. The van der Waals surface area contributed by atoms with Gasteiger partial charge < -0.3 is 20.6 Å². The van der Waals surface area contributed by atoms with Crippen LogP contribution in [0.5, 0.6) is 5.75 Å². The summed E-state index contributed by atoms with van der Waals surface area (Å²) in [4.78, 5) is 12.3. The van der Waals surface area contributed by atoms with E-state index in [0.29, 0.717) is 24.6 Å². The Bertz CT molecular complexity index is 788. The van der Waals surface area contributed by atoms with Crippen molar-refractivity contribution in [1.29, 1.82) is 5.41 Å². The molecule has 5 nitrogen and oxygen atoms in total. The lowest BCUT2D eigenvalue weighted by molar-refractivity contribution is -0.123. The molecule has 5 heteroatoms. The van der Waals surface area contributed by atoms with Gasteiger partial charge in [0.1, 0.15) is 5.75 Å². The van der Waals surface area contributed by atoms with E-state index in [1.165, 1.54) is 0 Å². The van der Waals surface area contributed by atoms with E-state index >= 15 is 0 Å². The molecule has 2 unspecified atom stereocenters. The standard InChI is InChI=1S/C25H34N2O3/c1-4-5-15-30-21-13-11-20(12-14-21)25(26)24(19-9-7-6-8-10-19)22(28)16-23(29)27-17-18(2)3/h6-14,18,22,24,26,28H,4-5,15-17H2,1-3H3,(H,27,29). The predicted molar refractivity (Wildman–Crippen MR) is 121 cm³/mol. The average Bonchev–Trinajstić information content (AvgIpc) is 2.74. The van der Waals surface area contributed by atoms with E-state index in [1.807, 2.05) is 68.4 Å². The van der Waals surface area contributed by atoms with Crippen molar-refractivity contribution >= 4 is 11.6 Å². The largest absolute Gasteiger partial charge is 0.494 e. The van der Waals surface area contributed by atoms with E-state index in [2.05, 4.69) is 12.2 Å². The van der Waals surface area contributed by atoms with Crippen LogP contribution in [-0.2, 0) is 4.79 Å². The highest BCUT2D eigenvalue weighted by molar-refractivity contribution is 6.03. The van der Waals surface area contributed by atoms with Crippen LogP contribution in [0.25, 0.3) is 0 Å². The van der Waals surface area contributed by atoms with Crippen LogP contribution in [0.1, 0.15) is 57.1 Å². The Kier molecular flexibility index (Phi) is 9.55. The van der Waals surface area contributed by atoms with Gasteiger partial charge in [-0.05, 0) is 47.7 Å². The first-order chi connectivity index (χ1) is 14.4. The van der Waals surface area contributed by atoms with Crippen LogP contribution in [0, 0.1) is 11.3 Å². The summed E-state index contributed by atoms with van der Waals surface area (Å²) in [6.07, 6.45) is 1.03. The Morgan fingerprint density at radius 3 is 2.37 bits per heavy atom. The molecule has 0 heterocycles. The number of benzene rings is 2. The number of unbranched alkanes of at least 4 members (excludes halogenated alkanes) is 1. The monoisotopic (exact) mass is 410 g/mol. The summed E-state index contributed by atoms with van der Waals surface area (Å²) in [5.41, 5.74) is 1.80. The van der Waals surface area contributed by atoms with Gasteiger partial charge in [-0.25, -0.2) is 0 Å². The van der Waals surface area contributed by atoms with E-state index in [4.69, 9.17) is 10.1 Å². The molecule has 0 saturated carbocycles. The van der Waals surface area contributed by atoms with Crippen molar-refractivity contribution in [2.45, 2.75) is 52.1 Å². The molecule has 30 heavy (non-hydrogen) atoms. The molecular weight excluding hydrogens is 376 g/mol. The molecule has 0 radical (unpaired) electrons. The molecule has 0 aliphatic heterocycles. The molecule has 3 N–H and O–H groups in total. The van der Waals surface area contributed by atoms with E-state index < -0.39 is 12.0 Å². The fourth-order valence-corrected chi connectivity index (χ4v) is 3.18. The highest BCUT2D eigenvalue weighted by Crippen LogP contribution is 2.27. The van der Waals surface area contributed by atoms with Crippen LogP contribution in [0.15, 0.2) is 54.6 Å². The lowest BCUT2D eigenvalue weighted by atomic mass is 9.84. The molecule has 0 aliphatic carbocycles. The zero-order valence-electron chi connectivity index (χ0n) is 18.2. The van der Waals surface area contributed by atoms with Gasteiger partial charge in [0.25, 0.3) is 0 Å². The van der Waals surface area contributed by atoms with Gasteiger partial charge in [0, 0.05) is 12.3 Å². The highest BCUT2D eigenvalue weighted by Gasteiger charge is 2.28. The Balaban J connectivity index is 2.16. The number of carbonyl (C=O) groups is 1. The van der Waals surface area contributed by atoms with Crippen molar-refractivity contribution in [3.05, 3.63) is 65.7 Å². The summed E-state index contributed by atoms with van der Waals surface area (Å²) >= 11 is 0. The van der Waals surface area contributed by atoms with Crippen molar-refractivity contribution in [3.8, 4) is 5.75 Å². The second-order valence-corrected chi connectivity index (χ2v) is 8.00. The quantitative estimate of drug-likeness (QED) is 0.355. The first-order valence-electron chi connectivity index (χ1n) is 10.7. The molecule has 0 fully saturated rings. The number of hydrogen-bond donors (Lipinski definition) is 3. The molecule has 2 atom stereocenters. The van der Waals surface area contributed by atoms with Gasteiger partial charge in [-0.1, -0.05) is 57.5 Å². The number of amides is 1. The number of carbonyl (C=O) groups excluding carboxylic acids is 1. The molecule has 0 aliphatic rings. The summed E-state index contributed by atoms with van der Waals surface area (Å²) in [5, 5.41) is 22.5. The van der Waals surface area contributed by atoms with E-state index in [9.17, 15) is 9.90 Å². The number of rotatable bonds is 12. The Morgan fingerprint density at radius 1 is 1.10 bits per heavy atom. The number of hydrogen-bond acceptors (Lipinski definition) is 4. The lowest BCUT2D eigenvalue weighted by Gasteiger charge is -2.24. The van der Waals surface area contributed by atoms with Gasteiger partial charge in [0.15, 0.2) is 0 Å². The third-order valence-electron chi connectivity index (χ3n) is 4.89. The normalized spacial score (nSPS) is 13.0. The Morgan fingerprint density at radius 2 is 1.77 bits per heavy atom. The molecule has 0 saturated heterocycles. The van der Waals surface area contributed by atoms with E-state index in [-0.39, 0.29) is 18.0 Å². The smallest absolute Gasteiger partial charge is 0.222 e. The zero-order chi connectivity index (χ0) is 21.9. The van der Waals surface area contributed by atoms with Crippen molar-refractivity contribution in [3.63, 3.8) is 0 Å². The number of nitrogens with one attached hydrogen (secondary N) is 2. The van der Waals surface area contributed by atoms with Crippen LogP contribution in [0.4, 0.5) is 0 Å². The van der Waals surface area contributed by atoms with Crippen molar-refractivity contribution < 1.29 is 14.6 Å². The van der Waals surface area contributed by atoms with Gasteiger partial charge in [-0.2, -0.15) is 0 Å². The second kappa shape index (κ2) is 12.1. The fraction of sp³-hybridized carbons (Fsp3) is 0.440. The predicted octanol–water partition coefficient (Wildman–Crippen LogP) is 4.54. The molecule has 2 aromatic rings. The summed E-state index contributed by atoms with van der Waals surface area (Å²) in [7, 11) is 0. The topological polar surface area (TPSA) is 82.4 Å². The van der Waals surface area contributed by atoms with Crippen molar-refractivity contribution in [1.82, 2.24) is 5.32 Å². The van der Waals surface area contributed by atoms with Crippen molar-refractivity contribution in [2.75, 3.05) is 13.2 Å². The van der Waals surface area contributed by atoms with Crippen LogP contribution in [-0.4, -0.2) is 36.0 Å². The first-order valence-corrected chi connectivity index (χ1v) is 10.7. The van der Waals surface area contributed by atoms with Crippen LogP contribution in [0.3, 0.4) is 0 Å². The van der Waals surface area contributed by atoms with Gasteiger partial charge >= 0.3 is 0 Å². The minimum Gasteiger partial charge on any atom is -0.494 e. The maximum Gasteiger partial charge on any atom is 0.222 e. The van der Waals surface area contributed by atoms with Gasteiger partial charge in [0.05, 0.1) is 25.0 Å². The molecule has 2 aromatic carbocycles. The molecule has 2 rings (SSSR count). The third kappa shape index (κ3) is 7.30. The van der Waals surface area contributed by atoms with Crippen LogP contribution >= 0.6 is 0 Å². The number of ether oxygens (including phenoxy) is 1. The summed E-state index contributed by atoms with van der Waals surface area (Å²) in [6.45, 7) is 7.40. The minimum absolute atomic E-state index is 0.0487. The maximum atomic E-state index is 12.3. The third-order valence-corrected chi connectivity index (χ3v) is 4.89. The SMILES string of the molecule is CCCCOc1ccc(C(=N)C(c2ccccc2)C(O)CC(=O)NCC(C)C)cc1. The number of aliphatic hydroxyl groups is 1. The summed E-state index contributed by atoms with van der Waals surface area (Å²) in [6, 6.07) is 16.8. The molecule has 162 valence electrons. The van der Waals surface area contributed by atoms with Gasteiger partial charge in [-0.15, -0.1) is 0 Å². The first kappa shape index (κ1) is 23.6. The molecule has 1 amide bonds. The maximum absolute atomic E-state index is 12.3. The van der Waals surface area contributed by atoms with Gasteiger partial charge in [0.2, 0.25) is 5.91 Å². The van der Waals surface area contributed by atoms with Crippen LogP contribution < -0.4 is 10.1 Å². The Hall–Kier alpha value is -2.66. The van der Waals surface area contributed by atoms with E-state index in [1.54, 1.807) is 0 Å². The molecular formula is C25H34N2O3. The molecule has 0 spiro atoms. The Labute approximate surface area is 180 Å². The van der Waals surface area contributed by atoms with Crippen LogP contribution in [0.2, 0.25) is 0 Å². The second-order valence-electron chi connectivity index (χ2n) is 8.00. The molecule has 0 bridgehead atoms. The van der Waals surface area contributed by atoms with Crippen molar-refractivity contribution in [2.24, 2.45) is 5.92 Å². The lowest BCUT2D eigenvalue weighted by Crippen LogP contribution is -2.34. The number of aliphatic hydroxyl groups excluding tert-OH is 1. The average molecular weight is 411 g/mol. The summed E-state index contributed by atoms with van der Waals surface area (Å²) in [5.74, 6) is 0.310. The minimum atomic E-state index is -0.993. The zero-order valence-corrected chi connectivity index (χ0v) is 18.2. The molecule has 0 aromatic heterocycles. The fourth-order valence-electron chi connectivity index (χ4n) is 3.18. The van der Waals surface area contributed by atoms with E-state index in [0.717, 1.165) is 24.2 Å². The highest BCUT2D eigenvalue weighted by atomic mass is 16.5.